The van der Waals surface area contributed by atoms with Crippen molar-refractivity contribution in [1.29, 1.82) is 0 Å². The van der Waals surface area contributed by atoms with Crippen molar-refractivity contribution < 1.29 is 34.4 Å². The van der Waals surface area contributed by atoms with E-state index in [4.69, 9.17) is 20.1 Å². The van der Waals surface area contributed by atoms with Crippen LogP contribution in [-0.2, 0) is 27.2 Å². The summed E-state index contributed by atoms with van der Waals surface area (Å²) < 4.78 is 5.14. The maximum atomic E-state index is 10.9. The van der Waals surface area contributed by atoms with Gasteiger partial charge in [0, 0.05) is 0 Å². The van der Waals surface area contributed by atoms with Gasteiger partial charge in [0.15, 0.2) is 0 Å². The maximum absolute atomic E-state index is 10.9. The minimum Gasteiger partial charge on any atom is -0.497 e. The molecule has 4 aromatic carbocycles. The van der Waals surface area contributed by atoms with Gasteiger partial charge in [-0.15, -0.1) is 0 Å². The molecule has 0 bridgehead atoms. The van der Waals surface area contributed by atoms with Gasteiger partial charge < -0.3 is 20.1 Å². The lowest BCUT2D eigenvalue weighted by atomic mass is 9.97. The predicted molar refractivity (Wildman–Crippen MR) is 189 cm³/mol. The van der Waals surface area contributed by atoms with Crippen molar-refractivity contribution in [3.63, 3.8) is 0 Å². The zero-order chi connectivity index (χ0) is 35.3. The van der Waals surface area contributed by atoms with E-state index in [1.54, 1.807) is 27.9 Å². The highest BCUT2D eigenvalue weighted by Gasteiger charge is 2.15. The van der Waals surface area contributed by atoms with Crippen molar-refractivity contribution in [3.05, 3.63) is 113 Å². The van der Waals surface area contributed by atoms with Crippen molar-refractivity contribution in [2.45, 2.75) is 79.1 Å². The number of carboxylic acids is 3. The minimum atomic E-state index is -0.808. The van der Waals surface area contributed by atoms with E-state index in [0.717, 1.165) is 46.1 Å². The largest absolute Gasteiger partial charge is 0.497 e. The lowest BCUT2D eigenvalue weighted by Crippen LogP contribution is -2.07. The van der Waals surface area contributed by atoms with Gasteiger partial charge in [-0.25, -0.2) is 0 Å². The summed E-state index contributed by atoms with van der Waals surface area (Å²) in [6, 6.07) is 27.2. The van der Waals surface area contributed by atoms with E-state index in [1.165, 1.54) is 11.1 Å². The SMILES string of the molecule is CC(C)Cc1ccc(C(C)C(=O)O)cc1.CC(C)Cc1ccc(C(C)C(=O)O)cc1.COc1ccc2cc([C@H](C)C(=O)O)ccc2c1. The van der Waals surface area contributed by atoms with E-state index in [1.807, 2.05) is 84.9 Å². The van der Waals surface area contributed by atoms with E-state index in [9.17, 15) is 14.4 Å². The molecule has 2 unspecified atom stereocenters. The molecule has 0 saturated carbocycles. The van der Waals surface area contributed by atoms with Crippen LogP contribution in [-0.4, -0.2) is 40.3 Å². The van der Waals surface area contributed by atoms with E-state index >= 15 is 0 Å². The maximum Gasteiger partial charge on any atom is 0.310 e. The van der Waals surface area contributed by atoms with E-state index in [0.29, 0.717) is 11.8 Å². The second-order valence-electron chi connectivity index (χ2n) is 12.8. The van der Waals surface area contributed by atoms with Crippen LogP contribution in [0, 0.1) is 11.8 Å². The van der Waals surface area contributed by atoms with Crippen LogP contribution in [0.25, 0.3) is 10.8 Å². The molecule has 3 N–H and O–H groups in total. The summed E-state index contributed by atoms with van der Waals surface area (Å²) in [6.45, 7) is 13.8. The third kappa shape index (κ3) is 12.6. The summed E-state index contributed by atoms with van der Waals surface area (Å²) in [5, 5.41) is 28.7. The number of rotatable bonds is 11. The van der Waals surface area contributed by atoms with Crippen molar-refractivity contribution in [3.8, 4) is 5.75 Å². The molecule has 7 heteroatoms. The molecule has 0 aliphatic rings. The number of carbonyl (C=O) groups is 3. The standard InChI is InChI=1S/C14H14O3.2C13H18O2/c1-9(14(15)16)10-3-4-12-8-13(17-2)6-5-11(12)7-10;2*1-9(2)8-11-4-6-12(7-5-11)10(3)13(14)15/h3-9H,1-2H3,(H,15,16);2*4-7,9-10H,8H2,1-3H3,(H,14,15)/t9-;;/m0../s1. The fourth-order valence-electron chi connectivity index (χ4n) is 4.89. The molecule has 7 nitrogen and oxygen atoms in total. The number of methoxy groups -OCH3 is 1. The lowest BCUT2D eigenvalue weighted by Gasteiger charge is -2.09. The Bertz CT molecular complexity index is 1520. The first kappa shape index (κ1) is 38.5. The van der Waals surface area contributed by atoms with Crippen LogP contribution in [0.1, 0.15) is 94.0 Å². The minimum absolute atomic E-state index is 0.418. The van der Waals surface area contributed by atoms with Gasteiger partial charge in [0.1, 0.15) is 5.75 Å². The number of carboxylic acid groups (broad SMARTS) is 3. The molecule has 0 aromatic heterocycles. The molecule has 0 aliphatic heterocycles. The van der Waals surface area contributed by atoms with Gasteiger partial charge in [-0.05, 0) is 96.2 Å². The second kappa shape index (κ2) is 18.5. The average Bonchev–Trinajstić information content (AvgIpc) is 3.03. The Morgan fingerprint density at radius 1 is 0.511 bits per heavy atom. The van der Waals surface area contributed by atoms with Crippen molar-refractivity contribution in [1.82, 2.24) is 0 Å². The third-order valence-corrected chi connectivity index (χ3v) is 7.93. The predicted octanol–water partition coefficient (Wildman–Crippen LogP) is 9.18. The molecular weight excluding hydrogens is 592 g/mol. The fraction of sp³-hybridized carbons (Fsp3) is 0.375. The van der Waals surface area contributed by atoms with Crippen LogP contribution in [0.4, 0.5) is 0 Å². The molecule has 0 fully saturated rings. The first-order valence-corrected chi connectivity index (χ1v) is 16.1. The van der Waals surface area contributed by atoms with Crippen LogP contribution in [0.15, 0.2) is 84.9 Å². The van der Waals surface area contributed by atoms with Crippen LogP contribution in [0.2, 0.25) is 0 Å². The summed E-state index contributed by atoms with van der Waals surface area (Å²) in [5.41, 5.74) is 5.10. The Kier molecular flexibility index (Phi) is 15.2. The molecule has 0 saturated heterocycles. The van der Waals surface area contributed by atoms with Crippen LogP contribution >= 0.6 is 0 Å². The number of hydrogen-bond acceptors (Lipinski definition) is 4. The van der Waals surface area contributed by atoms with E-state index in [2.05, 4.69) is 27.7 Å². The Morgan fingerprint density at radius 2 is 0.851 bits per heavy atom. The smallest absolute Gasteiger partial charge is 0.310 e. The monoisotopic (exact) mass is 642 g/mol. The summed E-state index contributed by atoms with van der Waals surface area (Å²) in [6.07, 6.45) is 2.09. The summed E-state index contributed by atoms with van der Waals surface area (Å²) in [5.74, 6) is -1.61. The van der Waals surface area contributed by atoms with Gasteiger partial charge in [0.25, 0.3) is 0 Å². The van der Waals surface area contributed by atoms with Crippen molar-refractivity contribution in [2.24, 2.45) is 11.8 Å². The lowest BCUT2D eigenvalue weighted by molar-refractivity contribution is -0.139. The number of ether oxygens (including phenoxy) is 1. The van der Waals surface area contributed by atoms with Gasteiger partial charge >= 0.3 is 17.9 Å². The summed E-state index contributed by atoms with van der Waals surface area (Å²) in [4.78, 5) is 32.4. The molecule has 4 rings (SSSR count). The van der Waals surface area contributed by atoms with Crippen LogP contribution in [0.3, 0.4) is 0 Å². The van der Waals surface area contributed by atoms with Crippen molar-refractivity contribution >= 4 is 28.7 Å². The zero-order valence-corrected chi connectivity index (χ0v) is 28.9. The van der Waals surface area contributed by atoms with Gasteiger partial charge in [-0.3, -0.25) is 14.4 Å². The van der Waals surface area contributed by atoms with Gasteiger partial charge in [0.05, 0.1) is 24.9 Å². The molecule has 0 radical (unpaired) electrons. The highest BCUT2D eigenvalue weighted by atomic mass is 16.5. The Labute approximate surface area is 279 Å². The molecule has 0 spiro atoms. The van der Waals surface area contributed by atoms with Gasteiger partial charge in [-0.1, -0.05) is 100 Å². The number of fused-ring (bicyclic) bond motifs is 1. The summed E-state index contributed by atoms with van der Waals surface area (Å²) in [7, 11) is 1.63. The molecule has 0 amide bonds. The molecule has 0 heterocycles. The highest BCUT2D eigenvalue weighted by Crippen LogP contribution is 2.25. The Hall–Kier alpha value is -4.65. The van der Waals surface area contributed by atoms with Gasteiger partial charge in [0.2, 0.25) is 0 Å². The molecule has 3 atom stereocenters. The Morgan fingerprint density at radius 3 is 1.21 bits per heavy atom. The zero-order valence-electron chi connectivity index (χ0n) is 28.9. The summed E-state index contributed by atoms with van der Waals surface area (Å²) >= 11 is 0. The number of hydrogen-bond donors (Lipinski definition) is 3. The third-order valence-electron chi connectivity index (χ3n) is 7.93. The second-order valence-corrected chi connectivity index (χ2v) is 12.8. The van der Waals surface area contributed by atoms with E-state index < -0.39 is 35.7 Å². The normalized spacial score (nSPS) is 12.6. The van der Waals surface area contributed by atoms with Crippen LogP contribution < -0.4 is 4.74 Å². The average molecular weight is 643 g/mol. The van der Waals surface area contributed by atoms with E-state index in [-0.39, 0.29) is 0 Å². The fourth-order valence-corrected chi connectivity index (χ4v) is 4.89. The highest BCUT2D eigenvalue weighted by molar-refractivity contribution is 5.86. The Balaban J connectivity index is 0.000000246. The molecule has 47 heavy (non-hydrogen) atoms. The quantitative estimate of drug-likeness (QED) is 0.149. The van der Waals surface area contributed by atoms with Crippen LogP contribution in [0.5, 0.6) is 5.75 Å². The molecular formula is C40H50O7. The molecule has 0 aliphatic carbocycles. The molecule has 252 valence electrons. The molecule has 4 aromatic rings. The number of benzene rings is 4. The topological polar surface area (TPSA) is 121 Å². The van der Waals surface area contributed by atoms with Crippen molar-refractivity contribution in [2.75, 3.05) is 7.11 Å². The number of aliphatic carboxylic acids is 3. The first-order valence-electron chi connectivity index (χ1n) is 16.1. The first-order chi connectivity index (χ1) is 22.1. The van der Waals surface area contributed by atoms with Gasteiger partial charge in [-0.2, -0.15) is 0 Å².